The van der Waals surface area contributed by atoms with Gasteiger partial charge in [0.15, 0.2) is 5.16 Å². The van der Waals surface area contributed by atoms with Gasteiger partial charge in [0.25, 0.3) is 5.56 Å². The summed E-state index contributed by atoms with van der Waals surface area (Å²) in [5.41, 5.74) is 0.643. The highest BCUT2D eigenvalue weighted by Gasteiger charge is 2.19. The molecule has 0 bridgehead atoms. The van der Waals surface area contributed by atoms with E-state index in [1.165, 1.54) is 11.8 Å². The lowest BCUT2D eigenvalue weighted by molar-refractivity contribution is -0.120. The summed E-state index contributed by atoms with van der Waals surface area (Å²) in [6, 6.07) is 7.38. The smallest absolute Gasteiger partial charge is 0.262 e. The summed E-state index contributed by atoms with van der Waals surface area (Å²) in [6.45, 7) is 11.5. The molecule has 0 saturated heterocycles. The fourth-order valence-corrected chi connectivity index (χ4v) is 3.44. The molecule has 0 fully saturated rings. The van der Waals surface area contributed by atoms with E-state index in [9.17, 15) is 9.59 Å². The third-order valence-electron chi connectivity index (χ3n) is 4.09. The van der Waals surface area contributed by atoms with Crippen molar-refractivity contribution < 1.29 is 4.79 Å². The zero-order valence-corrected chi connectivity index (χ0v) is 17.1. The monoisotopic (exact) mass is 375 g/mol. The molecule has 2 aromatic rings. The molecule has 1 aromatic heterocycles. The number of nitrogens with one attached hydrogen (secondary N) is 1. The molecule has 0 aliphatic heterocycles. The highest BCUT2D eigenvalue weighted by molar-refractivity contribution is 8.00. The lowest BCUT2D eigenvalue weighted by Gasteiger charge is -2.17. The van der Waals surface area contributed by atoms with E-state index in [4.69, 9.17) is 0 Å². The van der Waals surface area contributed by atoms with Crippen LogP contribution in [0.25, 0.3) is 10.9 Å². The molecule has 1 unspecified atom stereocenters. The Kier molecular flexibility index (Phi) is 7.26. The number of hydrogen-bond donors (Lipinski definition) is 1. The van der Waals surface area contributed by atoms with Crippen LogP contribution < -0.4 is 10.9 Å². The second-order valence-corrected chi connectivity index (χ2v) is 8.76. The molecule has 1 atom stereocenters. The van der Waals surface area contributed by atoms with Crippen LogP contribution in [0.5, 0.6) is 0 Å². The molecule has 1 N–H and O–H groups in total. The van der Waals surface area contributed by atoms with E-state index >= 15 is 0 Å². The Morgan fingerprint density at radius 1 is 1.15 bits per heavy atom. The van der Waals surface area contributed by atoms with E-state index in [1.807, 2.05) is 31.2 Å². The van der Waals surface area contributed by atoms with E-state index in [-0.39, 0.29) is 16.7 Å². The molecule has 1 aromatic carbocycles. The molecule has 0 saturated carbocycles. The molecule has 5 nitrogen and oxygen atoms in total. The van der Waals surface area contributed by atoms with Gasteiger partial charge in [-0.2, -0.15) is 0 Å². The van der Waals surface area contributed by atoms with Crippen molar-refractivity contribution in [1.29, 1.82) is 0 Å². The predicted octanol–water partition coefficient (Wildman–Crippen LogP) is 3.70. The fourth-order valence-electron chi connectivity index (χ4n) is 2.48. The summed E-state index contributed by atoms with van der Waals surface area (Å²) >= 11 is 1.35. The van der Waals surface area contributed by atoms with Crippen LogP contribution in [-0.2, 0) is 11.3 Å². The van der Waals surface area contributed by atoms with Crippen molar-refractivity contribution in [2.45, 2.75) is 58.0 Å². The van der Waals surface area contributed by atoms with Crippen molar-refractivity contribution in [3.8, 4) is 0 Å². The highest BCUT2D eigenvalue weighted by atomic mass is 32.2. The second-order valence-electron chi connectivity index (χ2n) is 7.45. The Morgan fingerprint density at radius 2 is 1.85 bits per heavy atom. The van der Waals surface area contributed by atoms with Crippen molar-refractivity contribution >= 4 is 28.6 Å². The normalized spacial score (nSPS) is 12.7. The number of aromatic nitrogens is 2. The summed E-state index contributed by atoms with van der Waals surface area (Å²) in [7, 11) is 0. The van der Waals surface area contributed by atoms with Gasteiger partial charge in [-0.1, -0.05) is 51.6 Å². The number of benzene rings is 1. The van der Waals surface area contributed by atoms with E-state index in [0.29, 0.717) is 41.0 Å². The zero-order chi connectivity index (χ0) is 19.3. The lowest BCUT2D eigenvalue weighted by Crippen LogP contribution is -2.34. The number of thioether (sulfide) groups is 1. The predicted molar refractivity (Wildman–Crippen MR) is 109 cm³/mol. The number of para-hydroxylation sites is 1. The number of amides is 1. The first kappa shape index (κ1) is 20.5. The Bertz CT molecular complexity index is 814. The molecule has 0 radical (unpaired) electrons. The van der Waals surface area contributed by atoms with Gasteiger partial charge < -0.3 is 5.32 Å². The maximum Gasteiger partial charge on any atom is 0.262 e. The Morgan fingerprint density at radius 3 is 2.50 bits per heavy atom. The third kappa shape index (κ3) is 5.34. The van der Waals surface area contributed by atoms with Gasteiger partial charge in [0, 0.05) is 13.1 Å². The summed E-state index contributed by atoms with van der Waals surface area (Å²) in [6.07, 6.45) is 0.890. The number of hydrogen-bond acceptors (Lipinski definition) is 4. The van der Waals surface area contributed by atoms with Gasteiger partial charge in [-0.25, -0.2) is 4.98 Å². The molecule has 2 rings (SSSR count). The SMILES string of the molecule is CC(C)CCn1c(SC(C)C(=O)NCC(C)C)nc2ccccc2c1=O. The topological polar surface area (TPSA) is 64.0 Å². The molecular weight excluding hydrogens is 346 g/mol. The molecule has 0 spiro atoms. The largest absolute Gasteiger partial charge is 0.355 e. The van der Waals surface area contributed by atoms with Crippen molar-refractivity contribution in [3.63, 3.8) is 0 Å². The van der Waals surface area contributed by atoms with Crippen LogP contribution in [0.15, 0.2) is 34.2 Å². The van der Waals surface area contributed by atoms with Crippen LogP contribution in [0, 0.1) is 11.8 Å². The van der Waals surface area contributed by atoms with Gasteiger partial charge in [-0.3, -0.25) is 14.2 Å². The zero-order valence-electron chi connectivity index (χ0n) is 16.3. The van der Waals surface area contributed by atoms with Crippen molar-refractivity contribution in [1.82, 2.24) is 14.9 Å². The molecule has 26 heavy (non-hydrogen) atoms. The first-order valence-corrected chi connectivity index (χ1v) is 10.1. The molecule has 1 heterocycles. The van der Waals surface area contributed by atoms with Crippen LogP contribution >= 0.6 is 11.8 Å². The molecule has 0 aliphatic carbocycles. The van der Waals surface area contributed by atoms with E-state index in [2.05, 4.69) is 38.0 Å². The number of fused-ring (bicyclic) bond motifs is 1. The molecule has 0 aliphatic rings. The summed E-state index contributed by atoms with van der Waals surface area (Å²) in [5, 5.41) is 3.87. The summed E-state index contributed by atoms with van der Waals surface area (Å²) < 4.78 is 1.72. The van der Waals surface area contributed by atoms with Gasteiger partial charge in [0.2, 0.25) is 5.91 Å². The maximum absolute atomic E-state index is 12.9. The highest BCUT2D eigenvalue weighted by Crippen LogP contribution is 2.23. The fraction of sp³-hybridized carbons (Fsp3) is 0.550. The number of carbonyl (C=O) groups is 1. The average Bonchev–Trinajstić information content (AvgIpc) is 2.59. The first-order chi connectivity index (χ1) is 12.3. The molecular formula is C20H29N3O2S. The number of rotatable bonds is 8. The Balaban J connectivity index is 2.33. The molecule has 142 valence electrons. The third-order valence-corrected chi connectivity index (χ3v) is 5.18. The quantitative estimate of drug-likeness (QED) is 0.564. The number of nitrogens with zero attached hydrogens (tertiary/aromatic N) is 2. The summed E-state index contributed by atoms with van der Waals surface area (Å²) in [5.74, 6) is 0.860. The van der Waals surface area contributed by atoms with Gasteiger partial charge in [0.1, 0.15) is 0 Å². The average molecular weight is 376 g/mol. The molecule has 6 heteroatoms. The van der Waals surface area contributed by atoms with Crippen molar-refractivity contribution in [2.24, 2.45) is 11.8 Å². The minimum absolute atomic E-state index is 0.0264. The van der Waals surface area contributed by atoms with Gasteiger partial charge in [-0.15, -0.1) is 0 Å². The van der Waals surface area contributed by atoms with Crippen molar-refractivity contribution in [3.05, 3.63) is 34.6 Å². The Labute approximate surface area is 159 Å². The summed E-state index contributed by atoms with van der Waals surface area (Å²) in [4.78, 5) is 29.9. The second kappa shape index (κ2) is 9.21. The van der Waals surface area contributed by atoms with Gasteiger partial charge >= 0.3 is 0 Å². The van der Waals surface area contributed by atoms with Crippen LogP contribution in [0.2, 0.25) is 0 Å². The molecule has 1 amide bonds. The van der Waals surface area contributed by atoms with Crippen LogP contribution in [-0.4, -0.2) is 27.3 Å². The van der Waals surface area contributed by atoms with Crippen LogP contribution in [0.1, 0.15) is 41.0 Å². The first-order valence-electron chi connectivity index (χ1n) is 9.23. The van der Waals surface area contributed by atoms with Gasteiger partial charge in [0.05, 0.1) is 16.2 Å². The number of carbonyl (C=O) groups excluding carboxylic acids is 1. The maximum atomic E-state index is 12.9. The Hall–Kier alpha value is -1.82. The van der Waals surface area contributed by atoms with Gasteiger partial charge in [-0.05, 0) is 37.3 Å². The minimum atomic E-state index is -0.313. The van der Waals surface area contributed by atoms with Crippen LogP contribution in [0.4, 0.5) is 0 Å². The van der Waals surface area contributed by atoms with E-state index in [0.717, 1.165) is 6.42 Å². The lowest BCUT2D eigenvalue weighted by atomic mass is 10.1. The van der Waals surface area contributed by atoms with Crippen molar-refractivity contribution in [2.75, 3.05) is 6.54 Å². The van der Waals surface area contributed by atoms with Crippen LogP contribution in [0.3, 0.4) is 0 Å². The van der Waals surface area contributed by atoms with E-state index < -0.39 is 0 Å². The van der Waals surface area contributed by atoms with E-state index in [1.54, 1.807) is 4.57 Å². The minimum Gasteiger partial charge on any atom is -0.355 e. The standard InChI is InChI=1S/C20H29N3O2S/c1-13(2)10-11-23-19(25)16-8-6-7-9-17(16)22-20(23)26-15(5)18(24)21-12-14(3)4/h6-9,13-15H,10-12H2,1-5H3,(H,21,24).